The van der Waals surface area contributed by atoms with Crippen LogP contribution in [-0.4, -0.2) is 23.0 Å². The Balaban J connectivity index is 2.52. The quantitative estimate of drug-likeness (QED) is 0.775. The van der Waals surface area contributed by atoms with Crippen LogP contribution in [-0.2, 0) is 4.74 Å². The van der Waals surface area contributed by atoms with Crippen molar-refractivity contribution < 1.29 is 9.53 Å². The van der Waals surface area contributed by atoms with Crippen LogP contribution in [0.25, 0.3) is 11.3 Å². The van der Waals surface area contributed by atoms with Crippen LogP contribution in [0.5, 0.6) is 0 Å². The molecule has 2 aromatic rings. The fraction of sp³-hybridized carbons (Fsp3) is 0.267. The molecule has 0 radical (unpaired) electrons. The van der Waals surface area contributed by atoms with Gasteiger partial charge in [0.1, 0.15) is 0 Å². The summed E-state index contributed by atoms with van der Waals surface area (Å²) >= 11 is 0. The van der Waals surface area contributed by atoms with Gasteiger partial charge in [0.05, 0.1) is 12.8 Å². The molecule has 2 rings (SSSR count). The lowest BCUT2D eigenvalue weighted by Gasteiger charge is -2.07. The van der Waals surface area contributed by atoms with Crippen LogP contribution in [0.2, 0.25) is 0 Å². The molecule has 0 saturated heterocycles. The van der Waals surface area contributed by atoms with Gasteiger partial charge in [-0.05, 0) is 44.0 Å². The van der Waals surface area contributed by atoms with Crippen LogP contribution in [0, 0.1) is 20.8 Å². The van der Waals surface area contributed by atoms with Gasteiger partial charge in [-0.25, -0.2) is 14.8 Å². The lowest BCUT2D eigenvalue weighted by molar-refractivity contribution is 0.0586. The van der Waals surface area contributed by atoms with E-state index < -0.39 is 5.97 Å². The molecule has 0 amide bonds. The number of nitrogens with zero attached hydrogens (tertiary/aromatic N) is 2. The van der Waals surface area contributed by atoms with Crippen molar-refractivity contribution in [3.63, 3.8) is 0 Å². The maximum absolute atomic E-state index is 11.5. The molecule has 4 nitrogen and oxygen atoms in total. The molecule has 1 heterocycles. The monoisotopic (exact) mass is 256 g/mol. The first-order valence-electron chi connectivity index (χ1n) is 6.03. The Bertz CT molecular complexity index is 636. The molecular formula is C15H16N2O2. The van der Waals surface area contributed by atoms with E-state index in [1.807, 2.05) is 32.0 Å². The summed E-state index contributed by atoms with van der Waals surface area (Å²) < 4.78 is 4.66. The first-order valence-corrected chi connectivity index (χ1v) is 6.03. The topological polar surface area (TPSA) is 52.1 Å². The fourth-order valence-electron chi connectivity index (χ4n) is 1.80. The second-order valence-electron chi connectivity index (χ2n) is 4.51. The number of esters is 1. The number of hydrogen-bond acceptors (Lipinski definition) is 4. The number of ether oxygens (including phenoxy) is 1. The average Bonchev–Trinajstić information content (AvgIpc) is 2.40. The summed E-state index contributed by atoms with van der Waals surface area (Å²) in [4.78, 5) is 19.9. The Labute approximate surface area is 112 Å². The molecule has 1 aromatic heterocycles. The minimum atomic E-state index is -0.520. The van der Waals surface area contributed by atoms with Gasteiger partial charge >= 0.3 is 5.97 Å². The Hall–Kier alpha value is -2.23. The molecule has 0 aliphatic carbocycles. The Morgan fingerprint density at radius 3 is 2.42 bits per heavy atom. The van der Waals surface area contributed by atoms with Crippen LogP contribution in [0.15, 0.2) is 24.3 Å². The third kappa shape index (κ3) is 2.78. The molecule has 0 atom stereocenters. The molecule has 0 unspecified atom stereocenters. The minimum Gasteiger partial charge on any atom is -0.463 e. The number of rotatable bonds is 2. The van der Waals surface area contributed by atoms with E-state index in [1.165, 1.54) is 18.2 Å². The van der Waals surface area contributed by atoms with E-state index in [9.17, 15) is 4.79 Å². The van der Waals surface area contributed by atoms with Crippen molar-refractivity contribution in [3.05, 3.63) is 46.9 Å². The number of hydrogen-bond donors (Lipinski definition) is 0. The molecule has 19 heavy (non-hydrogen) atoms. The van der Waals surface area contributed by atoms with Crippen LogP contribution in [0.4, 0.5) is 0 Å². The van der Waals surface area contributed by atoms with E-state index in [-0.39, 0.29) is 5.82 Å². The number of carbonyl (C=O) groups excluding carboxylic acids is 1. The molecule has 4 heteroatoms. The highest BCUT2D eigenvalue weighted by molar-refractivity contribution is 5.85. The van der Waals surface area contributed by atoms with Crippen molar-refractivity contribution >= 4 is 5.97 Å². The van der Waals surface area contributed by atoms with Crippen molar-refractivity contribution in [2.24, 2.45) is 0 Å². The summed E-state index contributed by atoms with van der Waals surface area (Å²) in [5.41, 5.74) is 4.86. The van der Waals surface area contributed by atoms with Gasteiger partial charge in [-0.2, -0.15) is 0 Å². The number of carbonyl (C=O) groups is 1. The first-order chi connectivity index (χ1) is 9.01. The summed E-state index contributed by atoms with van der Waals surface area (Å²) in [7, 11) is 1.32. The lowest BCUT2D eigenvalue weighted by Crippen LogP contribution is -2.09. The van der Waals surface area contributed by atoms with Crippen LogP contribution in [0.1, 0.15) is 27.4 Å². The van der Waals surface area contributed by atoms with Crippen LogP contribution < -0.4 is 0 Å². The smallest absolute Gasteiger partial charge is 0.376 e. The van der Waals surface area contributed by atoms with Crippen molar-refractivity contribution in [2.75, 3.05) is 7.11 Å². The second-order valence-corrected chi connectivity index (χ2v) is 4.51. The molecule has 0 aliphatic rings. The highest BCUT2D eigenvalue weighted by Crippen LogP contribution is 2.21. The summed E-state index contributed by atoms with van der Waals surface area (Å²) in [6.45, 7) is 5.94. The van der Waals surface area contributed by atoms with E-state index in [0.29, 0.717) is 0 Å². The van der Waals surface area contributed by atoms with Gasteiger partial charge in [-0.15, -0.1) is 0 Å². The van der Waals surface area contributed by atoms with E-state index in [1.54, 1.807) is 0 Å². The van der Waals surface area contributed by atoms with Gasteiger partial charge in [-0.1, -0.05) is 12.1 Å². The van der Waals surface area contributed by atoms with Crippen molar-refractivity contribution in [2.45, 2.75) is 20.8 Å². The van der Waals surface area contributed by atoms with E-state index in [0.717, 1.165) is 17.0 Å². The summed E-state index contributed by atoms with van der Waals surface area (Å²) in [6.07, 6.45) is 0. The van der Waals surface area contributed by atoms with Gasteiger partial charge in [0.2, 0.25) is 5.82 Å². The number of benzene rings is 1. The zero-order valence-electron chi connectivity index (χ0n) is 11.5. The Morgan fingerprint density at radius 2 is 1.79 bits per heavy atom. The molecule has 0 saturated carbocycles. The molecular weight excluding hydrogens is 240 g/mol. The van der Waals surface area contributed by atoms with Gasteiger partial charge in [0.15, 0.2) is 0 Å². The predicted octanol–water partition coefficient (Wildman–Crippen LogP) is 2.86. The van der Waals surface area contributed by atoms with E-state index >= 15 is 0 Å². The zero-order chi connectivity index (χ0) is 14.0. The summed E-state index contributed by atoms with van der Waals surface area (Å²) in [5.74, 6) is -0.426. The molecule has 0 N–H and O–H groups in total. The molecule has 0 bridgehead atoms. The lowest BCUT2D eigenvalue weighted by atomic mass is 10.0. The van der Waals surface area contributed by atoms with Gasteiger partial charge in [0.25, 0.3) is 0 Å². The highest BCUT2D eigenvalue weighted by Gasteiger charge is 2.12. The fourth-order valence-corrected chi connectivity index (χ4v) is 1.80. The highest BCUT2D eigenvalue weighted by atomic mass is 16.5. The molecule has 0 aliphatic heterocycles. The molecule has 0 spiro atoms. The van der Waals surface area contributed by atoms with Gasteiger partial charge < -0.3 is 4.74 Å². The average molecular weight is 256 g/mol. The van der Waals surface area contributed by atoms with Crippen molar-refractivity contribution in [3.8, 4) is 11.3 Å². The number of aryl methyl sites for hydroxylation is 3. The van der Waals surface area contributed by atoms with Crippen molar-refractivity contribution in [1.82, 2.24) is 9.97 Å². The van der Waals surface area contributed by atoms with Gasteiger partial charge in [0, 0.05) is 11.3 Å². The number of methoxy groups -OCH3 is 1. The molecule has 1 aromatic carbocycles. The molecule has 0 fully saturated rings. The van der Waals surface area contributed by atoms with Crippen molar-refractivity contribution in [1.29, 1.82) is 0 Å². The Morgan fingerprint density at radius 1 is 1.05 bits per heavy atom. The van der Waals surface area contributed by atoms with E-state index in [4.69, 9.17) is 0 Å². The zero-order valence-corrected chi connectivity index (χ0v) is 11.5. The summed E-state index contributed by atoms with van der Waals surface area (Å²) in [6, 6.07) is 7.94. The summed E-state index contributed by atoms with van der Waals surface area (Å²) in [5, 5.41) is 0. The third-order valence-electron chi connectivity index (χ3n) is 3.02. The minimum absolute atomic E-state index is 0.0933. The largest absolute Gasteiger partial charge is 0.463 e. The second kappa shape index (κ2) is 5.18. The molecule has 98 valence electrons. The van der Waals surface area contributed by atoms with Gasteiger partial charge in [-0.3, -0.25) is 0 Å². The van der Waals surface area contributed by atoms with E-state index in [2.05, 4.69) is 27.7 Å². The maximum atomic E-state index is 11.5. The predicted molar refractivity (Wildman–Crippen MR) is 73.0 cm³/mol. The number of aromatic nitrogens is 2. The van der Waals surface area contributed by atoms with Crippen LogP contribution in [0.3, 0.4) is 0 Å². The Kier molecular flexibility index (Phi) is 3.60. The standard InChI is InChI=1S/C15H16N2O2/c1-9-5-6-12(7-10(9)2)13-8-11(3)16-14(17-13)15(18)19-4/h5-8H,1-4H3. The van der Waals surface area contributed by atoms with Crippen LogP contribution >= 0.6 is 0 Å². The SMILES string of the molecule is COC(=O)c1nc(C)cc(-c2ccc(C)c(C)c2)n1. The third-order valence-corrected chi connectivity index (χ3v) is 3.02. The maximum Gasteiger partial charge on any atom is 0.376 e. The first kappa shape index (κ1) is 13.2. The normalized spacial score (nSPS) is 10.3.